The Morgan fingerprint density at radius 2 is 1.67 bits per heavy atom. The molecule has 0 unspecified atom stereocenters. The van der Waals surface area contributed by atoms with Crippen molar-refractivity contribution in [1.29, 1.82) is 0 Å². The molecule has 0 atom stereocenters. The Bertz CT molecular complexity index is 1090. The van der Waals surface area contributed by atoms with Crippen molar-refractivity contribution in [1.82, 2.24) is 9.21 Å². The van der Waals surface area contributed by atoms with Gasteiger partial charge in [0, 0.05) is 32.1 Å². The van der Waals surface area contributed by atoms with Gasteiger partial charge in [-0.15, -0.1) is 23.2 Å². The molecule has 1 aliphatic heterocycles. The normalized spacial score (nSPS) is 14.9. The topological polar surface area (TPSA) is 57.7 Å². The molecule has 1 amide bonds. The Morgan fingerprint density at radius 3 is 2.17 bits per heavy atom. The number of hydrogen-bond acceptors (Lipinski definition) is 3. The number of likely N-dealkylation sites (tertiary alicyclic amines) is 1. The highest BCUT2D eigenvalue weighted by atomic mass is 35.5. The molecule has 0 spiro atoms. The summed E-state index contributed by atoms with van der Waals surface area (Å²) in [5.74, 6) is -1.35. The third kappa shape index (κ3) is 9.53. The lowest BCUT2D eigenvalue weighted by Crippen LogP contribution is -2.39. The Labute approximate surface area is 219 Å². The van der Waals surface area contributed by atoms with Crippen LogP contribution in [-0.4, -0.2) is 54.7 Å². The largest absolute Gasteiger partial charge is 0.402 e. The molecule has 0 N–H and O–H groups in total. The first kappa shape index (κ1) is 30.3. The maximum absolute atomic E-state index is 14.9. The maximum atomic E-state index is 14.9. The Kier molecular flexibility index (Phi) is 11.5. The molecule has 1 saturated heterocycles. The average Bonchev–Trinajstić information content (AvgIpc) is 2.80. The predicted octanol–water partition coefficient (Wildman–Crippen LogP) is 5.87. The van der Waals surface area contributed by atoms with Crippen LogP contribution in [0.1, 0.15) is 42.4 Å². The molecule has 0 saturated carbocycles. The van der Waals surface area contributed by atoms with Crippen molar-refractivity contribution in [3.63, 3.8) is 0 Å². The van der Waals surface area contributed by atoms with E-state index in [1.807, 2.05) is 0 Å². The summed E-state index contributed by atoms with van der Waals surface area (Å²) < 4.78 is 80.1. The van der Waals surface area contributed by atoms with Crippen molar-refractivity contribution < 1.29 is 30.8 Å². The van der Waals surface area contributed by atoms with Crippen LogP contribution in [0.4, 0.5) is 17.6 Å². The van der Waals surface area contributed by atoms with E-state index in [-0.39, 0.29) is 27.0 Å². The molecule has 12 heteroatoms. The standard InChI is InChI=1S/C23H26F4N2O3S.CH2Cl2/c1-17(30)28-11-9-19(10-12-28)20-7-8-21(22(24)13-20)14-29(16-23(25,26)27)33(31,32)15-18-5-3-2-4-6-18;2-1-3/h2-8,13,19H,9-12,14-16H2,1H3;1H2. The van der Waals surface area contributed by atoms with Gasteiger partial charge in [-0.3, -0.25) is 4.79 Å². The summed E-state index contributed by atoms with van der Waals surface area (Å²) in [5.41, 5.74) is 0.909. The van der Waals surface area contributed by atoms with Crippen molar-refractivity contribution in [2.75, 3.05) is 25.0 Å². The summed E-state index contributed by atoms with van der Waals surface area (Å²) in [6.45, 7) is 0.185. The number of rotatable bonds is 7. The quantitative estimate of drug-likeness (QED) is 0.309. The first-order valence-electron chi connectivity index (χ1n) is 11.1. The fourth-order valence-electron chi connectivity index (χ4n) is 3.99. The highest BCUT2D eigenvalue weighted by molar-refractivity contribution is 7.88. The van der Waals surface area contributed by atoms with Crippen molar-refractivity contribution in [2.45, 2.75) is 44.2 Å². The number of sulfonamides is 1. The first-order valence-corrected chi connectivity index (χ1v) is 13.8. The van der Waals surface area contributed by atoms with Gasteiger partial charge in [-0.05, 0) is 36.0 Å². The van der Waals surface area contributed by atoms with E-state index in [2.05, 4.69) is 0 Å². The molecule has 0 radical (unpaired) electrons. The van der Waals surface area contributed by atoms with Gasteiger partial charge >= 0.3 is 6.18 Å². The van der Waals surface area contributed by atoms with E-state index in [9.17, 15) is 30.8 Å². The molecule has 2 aromatic carbocycles. The highest BCUT2D eigenvalue weighted by Gasteiger charge is 2.37. The van der Waals surface area contributed by atoms with Crippen molar-refractivity contribution >= 4 is 39.1 Å². The highest BCUT2D eigenvalue weighted by Crippen LogP contribution is 2.30. The third-order valence-corrected chi connectivity index (χ3v) is 7.52. The zero-order chi connectivity index (χ0) is 26.9. The number of hydrogen-bond donors (Lipinski definition) is 0. The van der Waals surface area contributed by atoms with Crippen LogP contribution in [0.15, 0.2) is 48.5 Å². The van der Waals surface area contributed by atoms with Gasteiger partial charge in [-0.25, -0.2) is 12.8 Å². The molecule has 0 aliphatic carbocycles. The summed E-state index contributed by atoms with van der Waals surface area (Å²) in [6, 6.07) is 12.1. The lowest BCUT2D eigenvalue weighted by Gasteiger charge is -2.31. The van der Waals surface area contributed by atoms with E-state index < -0.39 is 40.9 Å². The molecule has 5 nitrogen and oxygen atoms in total. The van der Waals surface area contributed by atoms with Crippen molar-refractivity contribution in [2.24, 2.45) is 0 Å². The van der Waals surface area contributed by atoms with E-state index in [0.29, 0.717) is 37.1 Å². The SMILES string of the molecule is CC(=O)N1CCC(c2ccc(CN(CC(F)(F)F)S(=O)(=O)Cc3ccccc3)c(F)c2)CC1.ClCCl. The molecular weight excluding hydrogens is 543 g/mol. The van der Waals surface area contributed by atoms with E-state index in [0.717, 1.165) is 0 Å². The lowest BCUT2D eigenvalue weighted by molar-refractivity contribution is -0.137. The minimum Gasteiger partial charge on any atom is -0.343 e. The summed E-state index contributed by atoms with van der Waals surface area (Å²) >= 11 is 9.53. The van der Waals surface area contributed by atoms with E-state index in [4.69, 9.17) is 23.2 Å². The minimum atomic E-state index is -4.77. The number of carbonyl (C=O) groups excluding carboxylic acids is 1. The van der Waals surface area contributed by atoms with Gasteiger partial charge in [-0.2, -0.15) is 17.5 Å². The first-order chi connectivity index (χ1) is 16.9. The van der Waals surface area contributed by atoms with Gasteiger partial charge in [0.2, 0.25) is 15.9 Å². The molecule has 200 valence electrons. The van der Waals surface area contributed by atoms with E-state index in [1.165, 1.54) is 31.2 Å². The zero-order valence-corrected chi connectivity index (χ0v) is 22.0. The smallest absolute Gasteiger partial charge is 0.343 e. The van der Waals surface area contributed by atoms with Crippen LogP contribution in [0.5, 0.6) is 0 Å². The number of carbonyl (C=O) groups is 1. The molecule has 0 bridgehead atoms. The monoisotopic (exact) mass is 570 g/mol. The summed E-state index contributed by atoms with van der Waals surface area (Å²) in [4.78, 5) is 13.2. The predicted molar refractivity (Wildman–Crippen MR) is 133 cm³/mol. The summed E-state index contributed by atoms with van der Waals surface area (Å²) in [5, 5.41) is 0.194. The number of nitrogens with zero attached hydrogens (tertiary/aromatic N) is 2. The fraction of sp³-hybridized carbons (Fsp3) is 0.458. The number of halogens is 6. The van der Waals surface area contributed by atoms with Crippen LogP contribution < -0.4 is 0 Å². The van der Waals surface area contributed by atoms with Crippen LogP contribution in [-0.2, 0) is 27.1 Å². The van der Waals surface area contributed by atoms with Crippen LogP contribution >= 0.6 is 23.2 Å². The van der Waals surface area contributed by atoms with Gasteiger partial charge in [0.25, 0.3) is 0 Å². The van der Waals surface area contributed by atoms with Crippen LogP contribution in [0.2, 0.25) is 0 Å². The van der Waals surface area contributed by atoms with Gasteiger partial charge in [0.1, 0.15) is 12.4 Å². The molecule has 0 aromatic heterocycles. The average molecular weight is 571 g/mol. The molecule has 1 aliphatic rings. The summed E-state index contributed by atoms with van der Waals surface area (Å²) in [6.07, 6.45) is -3.46. The molecule has 36 heavy (non-hydrogen) atoms. The second-order valence-electron chi connectivity index (χ2n) is 8.36. The van der Waals surface area contributed by atoms with Crippen LogP contribution in [0, 0.1) is 5.82 Å². The third-order valence-electron chi connectivity index (χ3n) is 5.78. The number of piperidine rings is 1. The maximum Gasteiger partial charge on any atom is 0.402 e. The number of alkyl halides is 5. The van der Waals surface area contributed by atoms with Gasteiger partial charge in [-0.1, -0.05) is 42.5 Å². The Hall–Kier alpha value is -1.88. The minimum absolute atomic E-state index is 0.0172. The Morgan fingerprint density at radius 1 is 1.08 bits per heavy atom. The van der Waals surface area contributed by atoms with E-state index >= 15 is 0 Å². The zero-order valence-electron chi connectivity index (χ0n) is 19.6. The van der Waals surface area contributed by atoms with E-state index in [1.54, 1.807) is 29.2 Å². The fourth-order valence-corrected chi connectivity index (χ4v) is 5.47. The molecule has 1 fully saturated rings. The second-order valence-corrected chi connectivity index (χ2v) is 11.1. The van der Waals surface area contributed by atoms with Gasteiger partial charge in [0.15, 0.2) is 0 Å². The molecule has 1 heterocycles. The molecular formula is C24H28Cl2F4N2O3S. The van der Waals surface area contributed by atoms with Crippen molar-refractivity contribution in [3.8, 4) is 0 Å². The molecule has 3 rings (SSSR count). The van der Waals surface area contributed by atoms with Gasteiger partial charge < -0.3 is 4.90 Å². The molecule has 2 aromatic rings. The van der Waals surface area contributed by atoms with Gasteiger partial charge in [0.05, 0.1) is 11.1 Å². The van der Waals surface area contributed by atoms with Crippen LogP contribution in [0.3, 0.4) is 0 Å². The van der Waals surface area contributed by atoms with Crippen molar-refractivity contribution in [3.05, 3.63) is 71.0 Å². The Balaban J connectivity index is 0.00000145. The summed E-state index contributed by atoms with van der Waals surface area (Å²) in [7, 11) is -4.36. The number of benzene rings is 2. The number of amides is 1. The second kappa shape index (κ2) is 13.6. The van der Waals surface area contributed by atoms with Crippen LogP contribution in [0.25, 0.3) is 0 Å². The lowest BCUT2D eigenvalue weighted by atomic mass is 9.89.